The van der Waals surface area contributed by atoms with E-state index in [4.69, 9.17) is 9.47 Å². The van der Waals surface area contributed by atoms with E-state index in [1.807, 2.05) is 6.92 Å². The average molecular weight is 277 g/mol. The number of anilines is 1. The normalized spacial score (nSPS) is 14.2. The number of imide groups is 1. The SMILES string of the molecule is CCOc1ccc2c(c1)CC(=O)N2C(=O)OC(C)(C)C. The van der Waals surface area contributed by atoms with Crippen molar-refractivity contribution in [3.05, 3.63) is 23.8 Å². The second kappa shape index (κ2) is 5.15. The number of amides is 2. The van der Waals surface area contributed by atoms with Crippen LogP contribution in [0.2, 0.25) is 0 Å². The first kappa shape index (κ1) is 14.4. The Labute approximate surface area is 118 Å². The number of rotatable bonds is 2. The van der Waals surface area contributed by atoms with Gasteiger partial charge < -0.3 is 9.47 Å². The molecule has 1 aliphatic rings. The van der Waals surface area contributed by atoms with E-state index in [0.29, 0.717) is 18.0 Å². The summed E-state index contributed by atoms with van der Waals surface area (Å²) in [6, 6.07) is 5.26. The summed E-state index contributed by atoms with van der Waals surface area (Å²) in [5.74, 6) is 0.424. The maximum absolute atomic E-state index is 12.1. The number of nitrogens with zero attached hydrogens (tertiary/aromatic N) is 1. The molecule has 0 atom stereocenters. The largest absolute Gasteiger partial charge is 0.494 e. The van der Waals surface area contributed by atoms with Gasteiger partial charge in [0.05, 0.1) is 18.7 Å². The number of benzene rings is 1. The van der Waals surface area contributed by atoms with Gasteiger partial charge in [0.15, 0.2) is 0 Å². The van der Waals surface area contributed by atoms with Gasteiger partial charge in [-0.05, 0) is 51.5 Å². The third kappa shape index (κ3) is 2.92. The van der Waals surface area contributed by atoms with Gasteiger partial charge >= 0.3 is 6.09 Å². The molecule has 0 unspecified atom stereocenters. The molecule has 20 heavy (non-hydrogen) atoms. The smallest absolute Gasteiger partial charge is 0.421 e. The molecule has 0 saturated heterocycles. The quantitative estimate of drug-likeness (QED) is 0.834. The zero-order valence-corrected chi connectivity index (χ0v) is 12.2. The fourth-order valence-electron chi connectivity index (χ4n) is 2.06. The van der Waals surface area contributed by atoms with Crippen molar-refractivity contribution in [1.29, 1.82) is 0 Å². The van der Waals surface area contributed by atoms with Gasteiger partial charge in [-0.1, -0.05) is 0 Å². The molecule has 0 aromatic heterocycles. The van der Waals surface area contributed by atoms with E-state index < -0.39 is 11.7 Å². The van der Waals surface area contributed by atoms with Gasteiger partial charge in [0, 0.05) is 0 Å². The third-order valence-electron chi connectivity index (χ3n) is 2.77. The number of fused-ring (bicyclic) bond motifs is 1. The molecule has 0 spiro atoms. The van der Waals surface area contributed by atoms with Crippen LogP contribution in [0.3, 0.4) is 0 Å². The van der Waals surface area contributed by atoms with Crippen molar-refractivity contribution < 1.29 is 19.1 Å². The lowest BCUT2D eigenvalue weighted by atomic mass is 10.1. The Hall–Kier alpha value is -2.04. The van der Waals surface area contributed by atoms with Crippen LogP contribution in [0, 0.1) is 0 Å². The Morgan fingerprint density at radius 3 is 2.65 bits per heavy atom. The van der Waals surface area contributed by atoms with Gasteiger partial charge in [-0.2, -0.15) is 0 Å². The number of hydrogen-bond donors (Lipinski definition) is 0. The van der Waals surface area contributed by atoms with E-state index in [1.165, 1.54) is 0 Å². The molecule has 1 aliphatic heterocycles. The monoisotopic (exact) mass is 277 g/mol. The van der Waals surface area contributed by atoms with Gasteiger partial charge in [-0.3, -0.25) is 4.79 Å². The van der Waals surface area contributed by atoms with Crippen LogP contribution in [0.25, 0.3) is 0 Å². The van der Waals surface area contributed by atoms with Crippen LogP contribution in [0.5, 0.6) is 5.75 Å². The molecule has 0 fully saturated rings. The molecule has 0 aliphatic carbocycles. The van der Waals surface area contributed by atoms with Gasteiger partial charge in [-0.15, -0.1) is 0 Å². The van der Waals surface area contributed by atoms with Crippen molar-refractivity contribution in [1.82, 2.24) is 0 Å². The fraction of sp³-hybridized carbons (Fsp3) is 0.467. The molecule has 5 nitrogen and oxygen atoms in total. The summed E-state index contributed by atoms with van der Waals surface area (Å²) < 4.78 is 10.7. The van der Waals surface area contributed by atoms with Gasteiger partial charge in [0.1, 0.15) is 11.4 Å². The highest BCUT2D eigenvalue weighted by Gasteiger charge is 2.35. The number of carbonyl (C=O) groups is 2. The summed E-state index contributed by atoms with van der Waals surface area (Å²) in [6.07, 6.45) is -0.444. The predicted molar refractivity (Wildman–Crippen MR) is 75.0 cm³/mol. The summed E-state index contributed by atoms with van der Waals surface area (Å²) >= 11 is 0. The Morgan fingerprint density at radius 2 is 2.05 bits per heavy atom. The van der Waals surface area contributed by atoms with Crippen LogP contribution < -0.4 is 9.64 Å². The summed E-state index contributed by atoms with van der Waals surface area (Å²) in [5.41, 5.74) is 0.727. The van der Waals surface area contributed by atoms with Crippen LogP contribution in [0.15, 0.2) is 18.2 Å². The van der Waals surface area contributed by atoms with E-state index in [1.54, 1.807) is 39.0 Å². The van der Waals surface area contributed by atoms with Crippen molar-refractivity contribution >= 4 is 17.7 Å². The van der Waals surface area contributed by atoms with Crippen LogP contribution in [-0.4, -0.2) is 24.2 Å². The predicted octanol–water partition coefficient (Wildman–Crippen LogP) is 2.91. The van der Waals surface area contributed by atoms with Crippen molar-refractivity contribution in [2.75, 3.05) is 11.5 Å². The van der Waals surface area contributed by atoms with E-state index in [2.05, 4.69) is 0 Å². The third-order valence-corrected chi connectivity index (χ3v) is 2.77. The molecule has 1 aromatic rings. The molecule has 0 saturated carbocycles. The maximum atomic E-state index is 12.1. The highest BCUT2D eigenvalue weighted by molar-refractivity contribution is 6.17. The Balaban J connectivity index is 2.26. The lowest BCUT2D eigenvalue weighted by Crippen LogP contribution is -2.38. The molecule has 108 valence electrons. The van der Waals surface area contributed by atoms with Crippen molar-refractivity contribution in [3.8, 4) is 5.75 Å². The standard InChI is InChI=1S/C15H19NO4/c1-5-19-11-6-7-12-10(8-11)9-13(17)16(12)14(18)20-15(2,3)4/h6-8H,5,9H2,1-4H3. The zero-order valence-electron chi connectivity index (χ0n) is 12.2. The van der Waals surface area contributed by atoms with Crippen LogP contribution >= 0.6 is 0 Å². The van der Waals surface area contributed by atoms with E-state index in [9.17, 15) is 9.59 Å². The summed E-state index contributed by atoms with van der Waals surface area (Å²) in [5, 5.41) is 0. The second-order valence-electron chi connectivity index (χ2n) is 5.61. The van der Waals surface area contributed by atoms with Crippen LogP contribution in [0.4, 0.5) is 10.5 Å². The molecule has 0 bridgehead atoms. The van der Waals surface area contributed by atoms with Gasteiger partial charge in [0.2, 0.25) is 5.91 Å². The summed E-state index contributed by atoms with van der Waals surface area (Å²) in [4.78, 5) is 25.2. The van der Waals surface area contributed by atoms with Crippen molar-refractivity contribution in [3.63, 3.8) is 0 Å². The number of hydrogen-bond acceptors (Lipinski definition) is 4. The van der Waals surface area contributed by atoms with Crippen molar-refractivity contribution in [2.24, 2.45) is 0 Å². The minimum Gasteiger partial charge on any atom is -0.494 e. The molecule has 2 rings (SSSR count). The highest BCUT2D eigenvalue weighted by atomic mass is 16.6. The van der Waals surface area contributed by atoms with Crippen molar-refractivity contribution in [2.45, 2.75) is 39.7 Å². The molecule has 1 heterocycles. The van der Waals surface area contributed by atoms with Gasteiger partial charge in [0.25, 0.3) is 0 Å². The zero-order chi connectivity index (χ0) is 14.9. The molecule has 0 radical (unpaired) electrons. The summed E-state index contributed by atoms with van der Waals surface area (Å²) in [7, 11) is 0. The van der Waals surface area contributed by atoms with E-state index in [0.717, 1.165) is 10.5 Å². The topological polar surface area (TPSA) is 55.8 Å². The lowest BCUT2D eigenvalue weighted by Gasteiger charge is -2.23. The Bertz CT molecular complexity index is 545. The molecule has 1 aromatic carbocycles. The van der Waals surface area contributed by atoms with E-state index in [-0.39, 0.29) is 12.3 Å². The fourth-order valence-corrected chi connectivity index (χ4v) is 2.06. The Morgan fingerprint density at radius 1 is 1.35 bits per heavy atom. The first-order valence-electron chi connectivity index (χ1n) is 6.63. The highest BCUT2D eigenvalue weighted by Crippen LogP contribution is 2.33. The average Bonchev–Trinajstić information content (AvgIpc) is 2.62. The van der Waals surface area contributed by atoms with Crippen LogP contribution in [-0.2, 0) is 16.0 Å². The molecule has 2 amide bonds. The molecule has 5 heteroatoms. The van der Waals surface area contributed by atoms with Crippen LogP contribution in [0.1, 0.15) is 33.3 Å². The molecular weight excluding hydrogens is 258 g/mol. The molecular formula is C15H19NO4. The minimum absolute atomic E-state index is 0.190. The second-order valence-corrected chi connectivity index (χ2v) is 5.61. The first-order valence-corrected chi connectivity index (χ1v) is 6.63. The number of carbonyl (C=O) groups excluding carboxylic acids is 2. The number of ether oxygens (including phenoxy) is 2. The molecule has 0 N–H and O–H groups in total. The minimum atomic E-state index is -0.634. The Kier molecular flexibility index (Phi) is 3.70. The maximum Gasteiger partial charge on any atom is 0.421 e. The summed E-state index contributed by atoms with van der Waals surface area (Å²) in [6.45, 7) is 7.76. The van der Waals surface area contributed by atoms with E-state index >= 15 is 0 Å². The lowest BCUT2D eigenvalue weighted by molar-refractivity contribution is -0.117. The van der Waals surface area contributed by atoms with Gasteiger partial charge in [-0.25, -0.2) is 9.69 Å². The first-order chi connectivity index (χ1) is 9.31.